The van der Waals surface area contributed by atoms with E-state index in [1.54, 1.807) is 45.0 Å². The van der Waals surface area contributed by atoms with Gasteiger partial charge in [0, 0.05) is 0 Å². The van der Waals surface area contributed by atoms with Crippen LogP contribution >= 0.6 is 0 Å². The number of carbonyl (C=O) groups is 5. The number of aliphatic carboxylic acids is 1. The number of amides is 3. The summed E-state index contributed by atoms with van der Waals surface area (Å²) in [7, 11) is 0. The molecule has 11 heteroatoms. The second-order valence-corrected chi connectivity index (χ2v) is 10.6. The predicted octanol–water partition coefficient (Wildman–Crippen LogP) is 2.11. The van der Waals surface area contributed by atoms with E-state index in [2.05, 4.69) is 16.0 Å². The van der Waals surface area contributed by atoms with E-state index in [0.717, 1.165) is 16.7 Å². The van der Waals surface area contributed by atoms with Crippen molar-refractivity contribution in [3.8, 4) is 0 Å². The van der Waals surface area contributed by atoms with Gasteiger partial charge in [0.1, 0.15) is 30.8 Å². The van der Waals surface area contributed by atoms with Gasteiger partial charge >= 0.3 is 18.0 Å². The molecule has 3 rings (SSSR count). The summed E-state index contributed by atoms with van der Waals surface area (Å²) < 4.78 is 10.6. The first-order valence-corrected chi connectivity index (χ1v) is 13.0. The number of esters is 1. The van der Waals surface area contributed by atoms with Crippen LogP contribution < -0.4 is 16.0 Å². The summed E-state index contributed by atoms with van der Waals surface area (Å²) in [5.41, 5.74) is 1.93. The van der Waals surface area contributed by atoms with Crippen LogP contribution in [0.4, 0.5) is 4.79 Å². The third-order valence-corrected chi connectivity index (χ3v) is 6.16. The Balaban J connectivity index is 1.76. The minimum Gasteiger partial charge on any atom is -0.480 e. The summed E-state index contributed by atoms with van der Waals surface area (Å²) in [6, 6.07) is 14.0. The zero-order valence-electron chi connectivity index (χ0n) is 22.8. The Bertz CT molecular complexity index is 1200. The molecule has 0 saturated carbocycles. The average molecular weight is 554 g/mol. The van der Waals surface area contributed by atoms with Gasteiger partial charge in [0.05, 0.1) is 6.42 Å². The standard InChI is InChI=1S/C29H35N3O8/c1-29(2,3)40-24(35)15-22(31-28(38)39-17-18-9-5-4-6-10-18)26(36)32-25(27(37)30-16-23(33)34)21-13-19-11-7-8-12-20(19)14-21/h4-12,21-22,25H,13-17H2,1-3H3,(H,30,37)(H,31,38)(H,32,36)(H,33,34)/t22-,25?/m0/s1. The van der Waals surface area contributed by atoms with Crippen molar-refractivity contribution in [1.29, 1.82) is 0 Å². The molecule has 0 bridgehead atoms. The lowest BCUT2D eigenvalue weighted by atomic mass is 9.95. The maximum atomic E-state index is 13.5. The zero-order valence-corrected chi connectivity index (χ0v) is 22.8. The molecular weight excluding hydrogens is 518 g/mol. The number of ether oxygens (including phenoxy) is 2. The number of carbonyl (C=O) groups excluding carboxylic acids is 4. The van der Waals surface area contributed by atoms with Crippen LogP contribution in [-0.2, 0) is 48.1 Å². The quantitative estimate of drug-likeness (QED) is 0.308. The van der Waals surface area contributed by atoms with Crippen LogP contribution in [0.5, 0.6) is 0 Å². The molecule has 3 amide bonds. The SMILES string of the molecule is CC(C)(C)OC(=O)C[C@H](NC(=O)OCc1ccccc1)C(=O)NC(C(=O)NCC(=O)O)C1Cc2ccccc2C1. The van der Waals surface area contributed by atoms with Gasteiger partial charge in [-0.25, -0.2) is 4.79 Å². The van der Waals surface area contributed by atoms with Gasteiger partial charge in [-0.1, -0.05) is 54.6 Å². The summed E-state index contributed by atoms with van der Waals surface area (Å²) in [4.78, 5) is 62.7. The van der Waals surface area contributed by atoms with Crippen LogP contribution in [0.1, 0.15) is 43.9 Å². The monoisotopic (exact) mass is 553 g/mol. The van der Waals surface area contributed by atoms with E-state index in [1.165, 1.54) is 0 Å². The molecule has 0 radical (unpaired) electrons. The van der Waals surface area contributed by atoms with Crippen LogP contribution in [0.15, 0.2) is 54.6 Å². The molecule has 2 aromatic rings. The lowest BCUT2D eigenvalue weighted by Gasteiger charge is -2.27. The minimum atomic E-state index is -1.42. The second-order valence-electron chi connectivity index (χ2n) is 10.6. The highest BCUT2D eigenvalue weighted by Crippen LogP contribution is 2.29. The summed E-state index contributed by atoms with van der Waals surface area (Å²) in [6.07, 6.45) is -0.499. The molecule has 2 aromatic carbocycles. The number of rotatable bonds is 11. The Morgan fingerprint density at radius 3 is 2.08 bits per heavy atom. The Kier molecular flexibility index (Phi) is 10.2. The molecule has 0 heterocycles. The lowest BCUT2D eigenvalue weighted by Crippen LogP contribution is -2.57. The topological polar surface area (TPSA) is 160 Å². The fourth-order valence-corrected chi connectivity index (χ4v) is 4.42. The van der Waals surface area contributed by atoms with Gasteiger partial charge in [-0.3, -0.25) is 19.2 Å². The molecular formula is C29H35N3O8. The van der Waals surface area contributed by atoms with Crippen LogP contribution in [0.2, 0.25) is 0 Å². The molecule has 2 atom stereocenters. The number of carboxylic acid groups (broad SMARTS) is 1. The summed E-state index contributed by atoms with van der Waals surface area (Å²) in [5.74, 6) is -3.84. The van der Waals surface area contributed by atoms with E-state index >= 15 is 0 Å². The van der Waals surface area contributed by atoms with Gasteiger partial charge in [-0.15, -0.1) is 0 Å². The molecule has 4 N–H and O–H groups in total. The van der Waals surface area contributed by atoms with Gasteiger partial charge in [0.25, 0.3) is 0 Å². The van der Waals surface area contributed by atoms with Crippen molar-refractivity contribution in [1.82, 2.24) is 16.0 Å². The van der Waals surface area contributed by atoms with Crippen LogP contribution in [0.3, 0.4) is 0 Å². The van der Waals surface area contributed by atoms with E-state index < -0.39 is 60.5 Å². The molecule has 40 heavy (non-hydrogen) atoms. The highest BCUT2D eigenvalue weighted by atomic mass is 16.6. The smallest absolute Gasteiger partial charge is 0.408 e. The predicted molar refractivity (Wildman–Crippen MR) is 144 cm³/mol. The van der Waals surface area contributed by atoms with Gasteiger partial charge in [0.2, 0.25) is 11.8 Å². The maximum Gasteiger partial charge on any atom is 0.408 e. The van der Waals surface area contributed by atoms with E-state index in [1.807, 2.05) is 30.3 Å². The van der Waals surface area contributed by atoms with E-state index in [9.17, 15) is 24.0 Å². The molecule has 214 valence electrons. The van der Waals surface area contributed by atoms with Crippen LogP contribution in [-0.4, -0.2) is 59.2 Å². The molecule has 1 aliphatic rings. The molecule has 0 aromatic heterocycles. The van der Waals surface area contributed by atoms with Crippen molar-refractivity contribution in [2.24, 2.45) is 5.92 Å². The zero-order chi connectivity index (χ0) is 29.3. The number of alkyl carbamates (subject to hydrolysis) is 1. The lowest BCUT2D eigenvalue weighted by molar-refractivity contribution is -0.156. The number of benzene rings is 2. The highest BCUT2D eigenvalue weighted by molar-refractivity contribution is 5.94. The number of nitrogens with one attached hydrogen (secondary N) is 3. The van der Waals surface area contributed by atoms with Crippen molar-refractivity contribution in [3.05, 3.63) is 71.3 Å². The number of fused-ring (bicyclic) bond motifs is 1. The third kappa shape index (κ3) is 9.40. The van der Waals surface area contributed by atoms with Crippen molar-refractivity contribution >= 4 is 29.8 Å². The fraction of sp³-hybridized carbons (Fsp3) is 0.414. The molecule has 1 aliphatic carbocycles. The Morgan fingerprint density at radius 1 is 0.900 bits per heavy atom. The molecule has 11 nitrogen and oxygen atoms in total. The maximum absolute atomic E-state index is 13.5. The largest absolute Gasteiger partial charge is 0.480 e. The van der Waals surface area contributed by atoms with Gasteiger partial charge in [-0.05, 0) is 56.2 Å². The summed E-state index contributed by atoms with van der Waals surface area (Å²) in [5, 5.41) is 16.4. The minimum absolute atomic E-state index is 0.0615. The third-order valence-electron chi connectivity index (χ3n) is 6.16. The summed E-state index contributed by atoms with van der Waals surface area (Å²) in [6.45, 7) is 4.32. The number of hydrogen-bond acceptors (Lipinski definition) is 7. The first kappa shape index (κ1) is 30.1. The Labute approximate surface area is 232 Å². The van der Waals surface area contributed by atoms with Crippen molar-refractivity contribution in [2.75, 3.05) is 6.54 Å². The molecule has 0 saturated heterocycles. The Hall–Kier alpha value is -4.41. The van der Waals surface area contributed by atoms with Crippen molar-refractivity contribution in [2.45, 2.75) is 64.3 Å². The molecule has 0 aliphatic heterocycles. The first-order valence-electron chi connectivity index (χ1n) is 13.0. The first-order chi connectivity index (χ1) is 18.9. The van der Waals surface area contributed by atoms with Gasteiger partial charge < -0.3 is 30.5 Å². The fourth-order valence-electron chi connectivity index (χ4n) is 4.42. The Morgan fingerprint density at radius 2 is 1.50 bits per heavy atom. The normalized spacial score (nSPS) is 14.3. The molecule has 1 unspecified atom stereocenters. The van der Waals surface area contributed by atoms with Crippen molar-refractivity contribution in [3.63, 3.8) is 0 Å². The van der Waals surface area contributed by atoms with Crippen LogP contribution in [0.25, 0.3) is 0 Å². The molecule has 0 fully saturated rings. The van der Waals surface area contributed by atoms with E-state index in [4.69, 9.17) is 14.6 Å². The molecule has 0 spiro atoms. The van der Waals surface area contributed by atoms with Crippen LogP contribution in [0, 0.1) is 5.92 Å². The van der Waals surface area contributed by atoms with Gasteiger partial charge in [-0.2, -0.15) is 0 Å². The van der Waals surface area contributed by atoms with E-state index in [0.29, 0.717) is 12.8 Å². The average Bonchev–Trinajstić information content (AvgIpc) is 3.32. The highest BCUT2D eigenvalue weighted by Gasteiger charge is 2.37. The number of carboxylic acids is 1. The van der Waals surface area contributed by atoms with Gasteiger partial charge in [0.15, 0.2) is 0 Å². The number of hydrogen-bond donors (Lipinski definition) is 4. The van der Waals surface area contributed by atoms with E-state index in [-0.39, 0.29) is 12.5 Å². The van der Waals surface area contributed by atoms with Crippen molar-refractivity contribution < 1.29 is 38.6 Å². The second kappa shape index (κ2) is 13.6. The summed E-state index contributed by atoms with van der Waals surface area (Å²) >= 11 is 0.